The second kappa shape index (κ2) is 6.77. The van der Waals surface area contributed by atoms with E-state index in [1.165, 1.54) is 21.3 Å². The van der Waals surface area contributed by atoms with E-state index in [-0.39, 0.29) is 17.8 Å². The van der Waals surface area contributed by atoms with Gasteiger partial charge in [-0.3, -0.25) is 10.1 Å². The Hall–Kier alpha value is -2.77. The third kappa shape index (κ3) is 3.58. The van der Waals surface area contributed by atoms with Gasteiger partial charge >= 0.3 is 6.01 Å². The van der Waals surface area contributed by atoms with Crippen LogP contribution in [0.25, 0.3) is 11.5 Å². The number of amides is 1. The molecule has 8 nitrogen and oxygen atoms in total. The maximum Gasteiger partial charge on any atom is 0.322 e. The van der Waals surface area contributed by atoms with Crippen LogP contribution in [-0.4, -0.2) is 37.4 Å². The third-order valence-electron chi connectivity index (χ3n) is 3.24. The summed E-state index contributed by atoms with van der Waals surface area (Å²) < 4.78 is 21.4. The van der Waals surface area contributed by atoms with Crippen LogP contribution in [-0.2, 0) is 4.79 Å². The summed E-state index contributed by atoms with van der Waals surface area (Å²) in [6.07, 6.45) is 0. The van der Waals surface area contributed by atoms with Gasteiger partial charge in [-0.25, -0.2) is 0 Å². The number of nitrogens with one attached hydrogen (secondary N) is 1. The summed E-state index contributed by atoms with van der Waals surface area (Å²) in [6.45, 7) is 5.37. The van der Waals surface area contributed by atoms with Gasteiger partial charge in [0.1, 0.15) is 0 Å². The number of carbonyl (C=O) groups is 1. The highest BCUT2D eigenvalue weighted by molar-refractivity contribution is 5.92. The Morgan fingerprint density at radius 2 is 1.62 bits per heavy atom. The minimum Gasteiger partial charge on any atom is -0.493 e. The lowest BCUT2D eigenvalue weighted by atomic mass is 9.96. The van der Waals surface area contributed by atoms with Gasteiger partial charge in [0, 0.05) is 11.0 Å². The third-order valence-corrected chi connectivity index (χ3v) is 3.24. The predicted molar refractivity (Wildman–Crippen MR) is 87.5 cm³/mol. The van der Waals surface area contributed by atoms with Crippen LogP contribution < -0.4 is 19.5 Å². The van der Waals surface area contributed by atoms with Crippen LogP contribution in [0.3, 0.4) is 0 Å². The van der Waals surface area contributed by atoms with Gasteiger partial charge in [0.15, 0.2) is 11.5 Å². The lowest BCUT2D eigenvalue weighted by Gasteiger charge is -2.15. The molecule has 0 fully saturated rings. The van der Waals surface area contributed by atoms with Crippen LogP contribution in [0.2, 0.25) is 0 Å². The highest BCUT2D eigenvalue weighted by atomic mass is 16.5. The predicted octanol–water partition coefficient (Wildman–Crippen LogP) is 2.75. The van der Waals surface area contributed by atoms with Crippen LogP contribution in [0, 0.1) is 5.41 Å². The highest BCUT2D eigenvalue weighted by Crippen LogP contribution is 2.41. The van der Waals surface area contributed by atoms with Crippen molar-refractivity contribution in [1.82, 2.24) is 10.2 Å². The van der Waals surface area contributed by atoms with E-state index in [9.17, 15) is 4.79 Å². The molecular weight excluding hydrogens is 314 g/mol. The molecule has 2 rings (SSSR count). The maximum absolute atomic E-state index is 12.0. The van der Waals surface area contributed by atoms with Crippen molar-refractivity contribution in [3.05, 3.63) is 12.1 Å². The molecule has 2 aromatic rings. The van der Waals surface area contributed by atoms with E-state index in [1.807, 2.05) is 0 Å². The normalized spacial score (nSPS) is 11.1. The maximum atomic E-state index is 12.0. The molecule has 1 amide bonds. The number of hydrogen-bond donors (Lipinski definition) is 1. The first kappa shape index (κ1) is 17.6. The van der Waals surface area contributed by atoms with E-state index in [0.717, 1.165) is 0 Å². The molecule has 0 radical (unpaired) electrons. The fourth-order valence-electron chi connectivity index (χ4n) is 1.88. The molecule has 0 saturated carbocycles. The standard InChI is InChI=1S/C16H21N3O5/c1-16(2,3)14(20)17-15-19-18-13(24-15)9-7-10(21-4)12(23-6)11(8-9)22-5/h7-8H,1-6H3,(H,17,19,20). The SMILES string of the molecule is COc1cc(-c2nnc(NC(=O)C(C)(C)C)o2)cc(OC)c1OC. The molecule has 0 aliphatic carbocycles. The fraction of sp³-hybridized carbons (Fsp3) is 0.438. The average Bonchev–Trinajstić information content (AvgIpc) is 3.00. The summed E-state index contributed by atoms with van der Waals surface area (Å²) in [5, 5.41) is 10.4. The first-order valence-corrected chi connectivity index (χ1v) is 7.25. The van der Waals surface area contributed by atoms with Crippen LogP contribution in [0.1, 0.15) is 20.8 Å². The quantitative estimate of drug-likeness (QED) is 0.897. The van der Waals surface area contributed by atoms with Gasteiger partial charge in [0.25, 0.3) is 0 Å². The average molecular weight is 335 g/mol. The van der Waals surface area contributed by atoms with Crippen molar-refractivity contribution in [2.45, 2.75) is 20.8 Å². The van der Waals surface area contributed by atoms with Gasteiger partial charge in [-0.1, -0.05) is 25.9 Å². The van der Waals surface area contributed by atoms with Gasteiger partial charge in [-0.05, 0) is 12.1 Å². The summed E-state index contributed by atoms with van der Waals surface area (Å²) in [6, 6.07) is 3.40. The molecule has 0 bridgehead atoms. The fourth-order valence-corrected chi connectivity index (χ4v) is 1.88. The highest BCUT2D eigenvalue weighted by Gasteiger charge is 2.24. The van der Waals surface area contributed by atoms with E-state index in [2.05, 4.69) is 15.5 Å². The lowest BCUT2D eigenvalue weighted by molar-refractivity contribution is -0.123. The van der Waals surface area contributed by atoms with Crippen molar-refractivity contribution >= 4 is 11.9 Å². The first-order chi connectivity index (χ1) is 11.3. The molecule has 1 heterocycles. The topological polar surface area (TPSA) is 95.7 Å². The van der Waals surface area contributed by atoms with E-state index >= 15 is 0 Å². The Morgan fingerprint density at radius 1 is 1.04 bits per heavy atom. The Kier molecular flexibility index (Phi) is 4.96. The van der Waals surface area contributed by atoms with Crippen molar-refractivity contribution in [1.29, 1.82) is 0 Å². The van der Waals surface area contributed by atoms with Crippen molar-refractivity contribution in [3.63, 3.8) is 0 Å². The minimum absolute atomic E-state index is 0.0266. The van der Waals surface area contributed by atoms with E-state index in [0.29, 0.717) is 22.8 Å². The zero-order chi connectivity index (χ0) is 17.9. The largest absolute Gasteiger partial charge is 0.493 e. The molecule has 0 atom stereocenters. The number of methoxy groups -OCH3 is 3. The van der Waals surface area contributed by atoms with Gasteiger partial charge in [0.2, 0.25) is 17.5 Å². The molecule has 24 heavy (non-hydrogen) atoms. The van der Waals surface area contributed by atoms with Crippen LogP contribution >= 0.6 is 0 Å². The van der Waals surface area contributed by atoms with Gasteiger partial charge in [-0.15, -0.1) is 5.10 Å². The molecule has 0 saturated heterocycles. The zero-order valence-corrected chi connectivity index (χ0v) is 14.6. The molecular formula is C16H21N3O5. The Balaban J connectivity index is 2.35. The van der Waals surface area contributed by atoms with Gasteiger partial charge in [0.05, 0.1) is 21.3 Å². The second-order valence-corrected chi connectivity index (χ2v) is 6.03. The summed E-state index contributed by atoms with van der Waals surface area (Å²) in [5.74, 6) is 1.39. The van der Waals surface area contributed by atoms with Crippen molar-refractivity contribution in [3.8, 4) is 28.7 Å². The number of benzene rings is 1. The van der Waals surface area contributed by atoms with Gasteiger partial charge < -0.3 is 18.6 Å². The Labute approximate surface area is 140 Å². The molecule has 0 spiro atoms. The summed E-state index contributed by atoms with van der Waals surface area (Å²) >= 11 is 0. The van der Waals surface area contributed by atoms with E-state index in [1.54, 1.807) is 32.9 Å². The molecule has 130 valence electrons. The molecule has 8 heteroatoms. The molecule has 0 unspecified atom stereocenters. The van der Waals surface area contributed by atoms with Crippen LogP contribution in [0.5, 0.6) is 17.2 Å². The Morgan fingerprint density at radius 3 is 2.08 bits per heavy atom. The van der Waals surface area contributed by atoms with E-state index < -0.39 is 5.41 Å². The number of rotatable bonds is 5. The second-order valence-electron chi connectivity index (χ2n) is 6.03. The number of nitrogens with zero attached hydrogens (tertiary/aromatic N) is 2. The number of hydrogen-bond acceptors (Lipinski definition) is 7. The molecule has 1 aromatic carbocycles. The molecule has 0 aliphatic heterocycles. The summed E-state index contributed by atoms with van der Waals surface area (Å²) in [4.78, 5) is 12.0. The zero-order valence-electron chi connectivity index (χ0n) is 14.6. The summed E-state index contributed by atoms with van der Waals surface area (Å²) in [5.41, 5.74) is 0.00882. The molecule has 1 aromatic heterocycles. The molecule has 1 N–H and O–H groups in total. The van der Waals surface area contributed by atoms with E-state index in [4.69, 9.17) is 18.6 Å². The number of anilines is 1. The minimum atomic E-state index is -0.568. The van der Waals surface area contributed by atoms with Crippen molar-refractivity contribution < 1.29 is 23.4 Å². The number of aromatic nitrogens is 2. The Bertz CT molecular complexity index is 709. The lowest BCUT2D eigenvalue weighted by Crippen LogP contribution is -2.27. The van der Waals surface area contributed by atoms with Crippen molar-refractivity contribution in [2.24, 2.45) is 5.41 Å². The van der Waals surface area contributed by atoms with Crippen LogP contribution in [0.4, 0.5) is 6.01 Å². The van der Waals surface area contributed by atoms with Crippen molar-refractivity contribution in [2.75, 3.05) is 26.6 Å². The number of ether oxygens (including phenoxy) is 3. The summed E-state index contributed by atoms with van der Waals surface area (Å²) in [7, 11) is 4.56. The monoisotopic (exact) mass is 335 g/mol. The van der Waals surface area contributed by atoms with Crippen LogP contribution in [0.15, 0.2) is 16.5 Å². The first-order valence-electron chi connectivity index (χ1n) is 7.25. The molecule has 0 aliphatic rings. The van der Waals surface area contributed by atoms with Gasteiger partial charge in [-0.2, -0.15) is 0 Å². The number of carbonyl (C=O) groups excluding carboxylic acids is 1. The smallest absolute Gasteiger partial charge is 0.322 e.